The molecule has 0 N–H and O–H groups in total. The second-order valence-electron chi connectivity index (χ2n) is 3.50. The molecule has 0 radical (unpaired) electrons. The minimum Gasteiger partial charge on any atom is -0.295 e. The second-order valence-corrected chi connectivity index (χ2v) is 5.53. The molecule has 0 unspecified atom stereocenters. The van der Waals surface area contributed by atoms with Crippen LogP contribution in [0.3, 0.4) is 0 Å². The average Bonchev–Trinajstić information content (AvgIpc) is 2.17. The number of ketones is 2. The van der Waals surface area contributed by atoms with Gasteiger partial charge in [-0.15, -0.1) is 0 Å². The summed E-state index contributed by atoms with van der Waals surface area (Å²) in [6, 6.07) is 9.78. The lowest BCUT2D eigenvalue weighted by Crippen LogP contribution is -2.21. The molecule has 1 aromatic carbocycles. The van der Waals surface area contributed by atoms with Gasteiger partial charge in [0.2, 0.25) is 0 Å². The fourth-order valence-corrected chi connectivity index (χ4v) is 3.28. The van der Waals surface area contributed by atoms with Crippen molar-refractivity contribution in [3.05, 3.63) is 30.3 Å². The molecule has 1 aromatic rings. The van der Waals surface area contributed by atoms with Crippen molar-refractivity contribution in [2.24, 2.45) is 0 Å². The zero-order valence-electron chi connectivity index (χ0n) is 9.03. The summed E-state index contributed by atoms with van der Waals surface area (Å²) < 4.78 is 0. The van der Waals surface area contributed by atoms with Crippen LogP contribution < -0.4 is 0 Å². The molecule has 1 rings (SSSR count). The van der Waals surface area contributed by atoms with Crippen molar-refractivity contribution in [3.8, 4) is 0 Å². The van der Waals surface area contributed by atoms with Gasteiger partial charge in [0, 0.05) is 10.9 Å². The van der Waals surface area contributed by atoms with Gasteiger partial charge in [-0.3, -0.25) is 9.59 Å². The van der Waals surface area contributed by atoms with Crippen LogP contribution in [0.15, 0.2) is 35.2 Å². The Bertz CT molecular complexity index is 330. The van der Waals surface area contributed by atoms with Gasteiger partial charge in [0.05, 0.1) is 0 Å². The van der Waals surface area contributed by atoms with E-state index in [2.05, 4.69) is 0 Å². The minimum atomic E-state index is -0.247. The van der Waals surface area contributed by atoms with Crippen LogP contribution in [0.1, 0.15) is 13.8 Å². The summed E-state index contributed by atoms with van der Waals surface area (Å²) in [6.45, 7) is 3.14. The standard InChI is InChI=1S/C12H15O2S/c1-10(13)8-15(9-11(2)14)12-6-4-3-5-7-12/h3-7H,8-9H2,1-2H3/q+1. The number of carbonyl (C=O) groups is 2. The van der Waals surface area contributed by atoms with Crippen molar-refractivity contribution >= 4 is 22.5 Å². The van der Waals surface area contributed by atoms with E-state index in [0.717, 1.165) is 4.90 Å². The molecule has 15 heavy (non-hydrogen) atoms. The lowest BCUT2D eigenvalue weighted by Gasteiger charge is -2.04. The Morgan fingerprint density at radius 1 is 1.00 bits per heavy atom. The van der Waals surface area contributed by atoms with Gasteiger partial charge in [-0.05, 0) is 26.0 Å². The van der Waals surface area contributed by atoms with Crippen molar-refractivity contribution in [3.63, 3.8) is 0 Å². The van der Waals surface area contributed by atoms with Crippen LogP contribution in [0.5, 0.6) is 0 Å². The van der Waals surface area contributed by atoms with Gasteiger partial charge < -0.3 is 0 Å². The SMILES string of the molecule is CC(=O)C[S+](CC(C)=O)c1ccccc1. The molecule has 2 nitrogen and oxygen atoms in total. The van der Waals surface area contributed by atoms with Gasteiger partial charge in [-0.1, -0.05) is 18.2 Å². The van der Waals surface area contributed by atoms with E-state index in [-0.39, 0.29) is 22.5 Å². The maximum Gasteiger partial charge on any atom is 0.179 e. The molecular formula is C12H15O2S+. The predicted molar refractivity (Wildman–Crippen MR) is 63.2 cm³/mol. The molecule has 0 aromatic heterocycles. The molecule has 0 aliphatic heterocycles. The van der Waals surface area contributed by atoms with Gasteiger partial charge in [0.15, 0.2) is 28.0 Å². The third-order valence-corrected chi connectivity index (χ3v) is 4.28. The molecule has 0 spiro atoms. The molecule has 0 atom stereocenters. The molecule has 0 fully saturated rings. The minimum absolute atomic E-state index is 0.142. The lowest BCUT2D eigenvalue weighted by atomic mass is 10.4. The van der Waals surface area contributed by atoms with Gasteiger partial charge in [-0.2, -0.15) is 0 Å². The fraction of sp³-hybridized carbons (Fsp3) is 0.333. The Labute approximate surface area is 93.0 Å². The normalized spacial score (nSPS) is 10.3. The summed E-state index contributed by atoms with van der Waals surface area (Å²) in [6.07, 6.45) is 0. The first kappa shape index (κ1) is 12.0. The van der Waals surface area contributed by atoms with E-state index in [0.29, 0.717) is 11.5 Å². The van der Waals surface area contributed by atoms with E-state index in [1.165, 1.54) is 0 Å². The third kappa shape index (κ3) is 4.30. The lowest BCUT2D eigenvalue weighted by molar-refractivity contribution is -0.115. The van der Waals surface area contributed by atoms with E-state index in [4.69, 9.17) is 0 Å². The van der Waals surface area contributed by atoms with Crippen molar-refractivity contribution in [1.82, 2.24) is 0 Å². The van der Waals surface area contributed by atoms with E-state index in [1.807, 2.05) is 30.3 Å². The van der Waals surface area contributed by atoms with Crippen molar-refractivity contribution in [1.29, 1.82) is 0 Å². The monoisotopic (exact) mass is 223 g/mol. The summed E-state index contributed by atoms with van der Waals surface area (Å²) in [5.74, 6) is 1.24. The van der Waals surface area contributed by atoms with Crippen molar-refractivity contribution in [2.45, 2.75) is 18.7 Å². The number of hydrogen-bond donors (Lipinski definition) is 0. The molecule has 0 aliphatic carbocycles. The Hall–Kier alpha value is -1.09. The number of Topliss-reactive ketones (excluding diaryl/α,β-unsaturated/α-hetero) is 2. The number of hydrogen-bond acceptors (Lipinski definition) is 2. The van der Waals surface area contributed by atoms with E-state index in [9.17, 15) is 9.59 Å². The van der Waals surface area contributed by atoms with Crippen molar-refractivity contribution in [2.75, 3.05) is 11.5 Å². The number of benzene rings is 1. The van der Waals surface area contributed by atoms with Crippen molar-refractivity contribution < 1.29 is 9.59 Å². The Balaban J connectivity index is 2.81. The Kier molecular flexibility index (Phi) is 4.56. The van der Waals surface area contributed by atoms with Crippen LogP contribution in [0.2, 0.25) is 0 Å². The quantitative estimate of drug-likeness (QED) is 0.714. The Morgan fingerprint density at radius 3 is 1.87 bits per heavy atom. The summed E-state index contributed by atoms with van der Waals surface area (Å²) in [5.41, 5.74) is 0. The molecule has 80 valence electrons. The molecule has 0 saturated carbocycles. The second kappa shape index (κ2) is 5.71. The van der Waals surface area contributed by atoms with E-state index >= 15 is 0 Å². The maximum atomic E-state index is 11.1. The third-order valence-electron chi connectivity index (χ3n) is 1.83. The molecule has 0 bridgehead atoms. The van der Waals surface area contributed by atoms with Gasteiger partial charge in [0.1, 0.15) is 0 Å². The molecule has 0 heterocycles. The highest BCUT2D eigenvalue weighted by Gasteiger charge is 2.25. The van der Waals surface area contributed by atoms with Crippen LogP contribution in [0, 0.1) is 0 Å². The Morgan fingerprint density at radius 2 is 1.47 bits per heavy atom. The van der Waals surface area contributed by atoms with Gasteiger partial charge in [0.25, 0.3) is 0 Å². The van der Waals surface area contributed by atoms with Crippen LogP contribution in [0.25, 0.3) is 0 Å². The summed E-state index contributed by atoms with van der Waals surface area (Å²) >= 11 is 0. The van der Waals surface area contributed by atoms with Gasteiger partial charge in [-0.25, -0.2) is 0 Å². The molecular weight excluding hydrogens is 208 g/mol. The molecule has 0 saturated heterocycles. The highest BCUT2D eigenvalue weighted by atomic mass is 32.2. The van der Waals surface area contributed by atoms with Crippen LogP contribution >= 0.6 is 0 Å². The van der Waals surface area contributed by atoms with Crippen LogP contribution in [-0.4, -0.2) is 23.1 Å². The smallest absolute Gasteiger partial charge is 0.179 e. The average molecular weight is 223 g/mol. The summed E-state index contributed by atoms with van der Waals surface area (Å²) in [7, 11) is -0.247. The summed E-state index contributed by atoms with van der Waals surface area (Å²) in [4.78, 5) is 23.3. The first-order valence-electron chi connectivity index (χ1n) is 4.81. The van der Waals surface area contributed by atoms with E-state index in [1.54, 1.807) is 13.8 Å². The number of rotatable bonds is 5. The molecule has 3 heteroatoms. The predicted octanol–water partition coefficient (Wildman–Crippen LogP) is 1.84. The first-order chi connectivity index (χ1) is 7.09. The number of carbonyl (C=O) groups excluding carboxylic acids is 2. The van der Waals surface area contributed by atoms with E-state index < -0.39 is 0 Å². The van der Waals surface area contributed by atoms with Crippen LogP contribution in [0.4, 0.5) is 0 Å². The molecule has 0 amide bonds. The maximum absolute atomic E-state index is 11.1. The zero-order chi connectivity index (χ0) is 11.3. The highest BCUT2D eigenvalue weighted by Crippen LogP contribution is 2.14. The van der Waals surface area contributed by atoms with Gasteiger partial charge >= 0.3 is 0 Å². The summed E-state index contributed by atoms with van der Waals surface area (Å²) in [5, 5.41) is 0. The zero-order valence-corrected chi connectivity index (χ0v) is 9.84. The largest absolute Gasteiger partial charge is 0.295 e. The first-order valence-corrected chi connectivity index (χ1v) is 6.37. The highest BCUT2D eigenvalue weighted by molar-refractivity contribution is 7.98. The molecule has 0 aliphatic rings. The fourth-order valence-electron chi connectivity index (χ4n) is 1.32. The van der Waals surface area contributed by atoms with Crippen LogP contribution in [-0.2, 0) is 20.5 Å². The topological polar surface area (TPSA) is 34.1 Å².